The molecular formula is C21H38EuN6O8. The van der Waals surface area contributed by atoms with Crippen molar-refractivity contribution in [2.75, 3.05) is 19.6 Å². The number of hydrogen-bond donors (Lipinski definition) is 9. The summed E-state index contributed by atoms with van der Waals surface area (Å²) in [5, 5.41) is 40.9. The van der Waals surface area contributed by atoms with E-state index >= 15 is 0 Å². The third-order valence-corrected chi connectivity index (χ3v) is 4.80. The minimum absolute atomic E-state index is 0. The second kappa shape index (κ2) is 20.8. The van der Waals surface area contributed by atoms with Crippen LogP contribution in [0.3, 0.4) is 0 Å². The van der Waals surface area contributed by atoms with Gasteiger partial charge in [-0.1, -0.05) is 0 Å². The Bertz CT molecular complexity index is 714. The zero-order valence-electron chi connectivity index (χ0n) is 20.5. The van der Waals surface area contributed by atoms with E-state index in [1.807, 2.05) is 0 Å². The number of rotatable bonds is 15. The number of primary amides is 1. The molecule has 1 radical (unpaired) electrons. The van der Waals surface area contributed by atoms with Crippen LogP contribution in [0.25, 0.3) is 0 Å². The summed E-state index contributed by atoms with van der Waals surface area (Å²) in [6, 6.07) is -2.81. The maximum Gasteiger partial charge on any atom is 2.00 e. The number of β-amino-alcohol motifs (C(OH)–C–C–N with tert-alkyl or cyclic N) is 1. The predicted molar refractivity (Wildman–Crippen MR) is 125 cm³/mol. The van der Waals surface area contributed by atoms with Gasteiger partial charge in [-0.05, 0) is 12.8 Å². The molecule has 1 aliphatic rings. The first-order chi connectivity index (χ1) is 16.5. The van der Waals surface area contributed by atoms with Crippen LogP contribution in [0.15, 0.2) is 0 Å². The number of nitrogens with one attached hydrogen (secondary N) is 5. The Labute approximate surface area is 251 Å². The van der Waals surface area contributed by atoms with Crippen molar-refractivity contribution < 1.29 is 88.7 Å². The number of amides is 4. The number of carbonyl (C=O) groups is 5. The zero-order chi connectivity index (χ0) is 27.0. The van der Waals surface area contributed by atoms with Crippen molar-refractivity contribution in [1.82, 2.24) is 26.6 Å². The fraction of sp³-hybridized carbons (Fsp3) is 0.667. The molecule has 1 unspecified atom stereocenters. The minimum Gasteiger partial charge on any atom is -0.480 e. The monoisotopic (exact) mass is 655 g/mol. The quantitative estimate of drug-likeness (QED) is 0.0625. The average Bonchev–Trinajstić information content (AvgIpc) is 3.25. The van der Waals surface area contributed by atoms with E-state index in [1.165, 1.54) is 0 Å². The second-order valence-electron chi connectivity index (χ2n) is 7.65. The summed E-state index contributed by atoms with van der Waals surface area (Å²) < 4.78 is 0. The molecule has 14 nitrogen and oxygen atoms in total. The van der Waals surface area contributed by atoms with Crippen molar-refractivity contribution in [3.63, 3.8) is 0 Å². The number of aliphatic carboxylic acids is 1. The fourth-order valence-corrected chi connectivity index (χ4v) is 3.13. The van der Waals surface area contributed by atoms with Gasteiger partial charge in [0.1, 0.15) is 12.8 Å². The Morgan fingerprint density at radius 3 is 2.28 bits per heavy atom. The molecule has 0 bridgehead atoms. The van der Waals surface area contributed by atoms with E-state index in [0.29, 0.717) is 0 Å². The van der Waals surface area contributed by atoms with Gasteiger partial charge in [0.05, 0.1) is 30.8 Å². The molecule has 5 atom stereocenters. The molecule has 1 heterocycles. The van der Waals surface area contributed by atoms with Crippen LogP contribution < -0.4 is 32.3 Å². The van der Waals surface area contributed by atoms with Gasteiger partial charge in [-0.15, -0.1) is 6.42 Å². The van der Waals surface area contributed by atoms with Gasteiger partial charge in [0.2, 0.25) is 23.6 Å². The summed E-state index contributed by atoms with van der Waals surface area (Å²) in [4.78, 5) is 58.8. The van der Waals surface area contributed by atoms with Gasteiger partial charge in [0, 0.05) is 13.0 Å². The number of carboxylic acid groups (broad SMARTS) is 1. The van der Waals surface area contributed by atoms with Gasteiger partial charge in [-0.2, -0.15) is 13.8 Å². The molecule has 0 saturated carbocycles. The fourth-order valence-electron chi connectivity index (χ4n) is 3.13. The number of aliphatic hydroxyl groups is 2. The van der Waals surface area contributed by atoms with Crippen molar-refractivity contribution >= 4 is 29.6 Å². The molecule has 1 rings (SSSR count). The van der Waals surface area contributed by atoms with Crippen LogP contribution in [0.4, 0.5) is 0 Å². The molecule has 0 aromatic heterocycles. The summed E-state index contributed by atoms with van der Waals surface area (Å²) >= 11 is 0. The first kappa shape index (κ1) is 36.9. The molecular weight excluding hydrogens is 616 g/mol. The number of carbonyl (C=O) groups excluding carboxylic acids is 4. The maximum absolute atomic E-state index is 12.7. The van der Waals surface area contributed by atoms with Crippen molar-refractivity contribution in [3.05, 3.63) is 13.3 Å². The largest absolute Gasteiger partial charge is 2.00 e. The number of aliphatic hydroxyl groups excluding tert-OH is 2. The Balaban J connectivity index is 0. The van der Waals surface area contributed by atoms with Crippen molar-refractivity contribution in [2.45, 2.75) is 70.0 Å². The van der Waals surface area contributed by atoms with Gasteiger partial charge >= 0.3 is 55.3 Å². The van der Waals surface area contributed by atoms with Crippen LogP contribution in [-0.4, -0.2) is 95.0 Å². The Kier molecular flexibility index (Phi) is 21.3. The van der Waals surface area contributed by atoms with E-state index in [4.69, 9.17) is 10.8 Å². The molecule has 10 N–H and O–H groups in total. The van der Waals surface area contributed by atoms with Crippen LogP contribution in [-0.2, 0) is 24.0 Å². The number of hydrogen-bond acceptors (Lipinski definition) is 9. The Morgan fingerprint density at radius 1 is 1.14 bits per heavy atom. The van der Waals surface area contributed by atoms with Crippen molar-refractivity contribution in [2.24, 2.45) is 5.73 Å². The number of carboxylic acids is 1. The van der Waals surface area contributed by atoms with Gasteiger partial charge in [0.25, 0.3) is 0 Å². The van der Waals surface area contributed by atoms with E-state index in [1.54, 1.807) is 20.3 Å². The van der Waals surface area contributed by atoms with E-state index in [0.717, 1.165) is 0 Å². The predicted octanol–water partition coefficient (Wildman–Crippen LogP) is -3.49. The molecule has 36 heavy (non-hydrogen) atoms. The summed E-state index contributed by atoms with van der Waals surface area (Å²) in [6.07, 6.45) is -0.342. The summed E-state index contributed by atoms with van der Waals surface area (Å²) in [6.45, 7) is 6.05. The molecule has 0 aromatic carbocycles. The topological polar surface area (TPSA) is 232 Å². The number of nitrogens with two attached hydrogens (primary N) is 1. The van der Waals surface area contributed by atoms with E-state index in [-0.39, 0.29) is 88.1 Å². The van der Waals surface area contributed by atoms with Crippen molar-refractivity contribution in [1.29, 1.82) is 0 Å². The normalized spacial score (nSPS) is 18.8. The average molecular weight is 655 g/mol. The molecule has 1 saturated heterocycles. The van der Waals surface area contributed by atoms with Crippen molar-refractivity contribution in [3.8, 4) is 0 Å². The molecule has 0 aromatic rings. The Morgan fingerprint density at radius 2 is 1.78 bits per heavy atom. The van der Waals surface area contributed by atoms with Crippen LogP contribution >= 0.6 is 0 Å². The first-order valence-corrected chi connectivity index (χ1v) is 11.2. The van der Waals surface area contributed by atoms with E-state index in [9.17, 15) is 34.2 Å². The maximum atomic E-state index is 12.7. The van der Waals surface area contributed by atoms with Gasteiger partial charge < -0.3 is 55.7 Å². The molecule has 0 spiro atoms. The summed E-state index contributed by atoms with van der Waals surface area (Å²) in [5.74, 6) is -3.79. The smallest absolute Gasteiger partial charge is 0.480 e. The third-order valence-electron chi connectivity index (χ3n) is 4.80. The molecule has 4 amide bonds. The van der Waals surface area contributed by atoms with Gasteiger partial charge in [-0.3, -0.25) is 29.3 Å². The van der Waals surface area contributed by atoms with Crippen LogP contribution in [0.2, 0.25) is 0 Å². The van der Waals surface area contributed by atoms with Crippen LogP contribution in [0.1, 0.15) is 39.5 Å². The minimum atomic E-state index is -1.37. The third kappa shape index (κ3) is 15.8. The van der Waals surface area contributed by atoms with E-state index < -0.39 is 66.6 Å². The van der Waals surface area contributed by atoms with Gasteiger partial charge in [0.15, 0.2) is 0 Å². The van der Waals surface area contributed by atoms with E-state index in [2.05, 4.69) is 33.5 Å². The van der Waals surface area contributed by atoms with Gasteiger partial charge in [-0.25, -0.2) is 0 Å². The van der Waals surface area contributed by atoms with Crippen LogP contribution in [0.5, 0.6) is 0 Å². The first-order valence-electron chi connectivity index (χ1n) is 11.2. The molecule has 15 heteroatoms. The SMILES string of the molecule is C[CH-]C[C@@H](NC(=O)[C@@H](CCC(N)=O)NC(O)CNC(=O)[C@@H]1C[C@@H](O)CN1)C(=O)NCC(=O)O.[CH2-]C.[Eu+2]. The second-order valence-corrected chi connectivity index (χ2v) is 7.65. The standard InChI is InChI=1S/C19H33N6O8.C2H5.Eu/c1-2-3-11(17(31)23-9-16(29)30)25-19(33)12(4-5-14(20)27)24-15(28)8-22-18(32)13-6-10(26)7-21-13;1-2;/h2,10-13,15,21,24,26,28H,3-9H2,1H3,(H2,20,27)(H,22,32)(H,23,31)(H,25,33)(H,29,30);1H2,2H3;/q2*-1;+2/t10-,11-,12-,13+,15?;;/m1../s1. The molecule has 207 valence electrons. The molecule has 1 fully saturated rings. The Hall–Kier alpha value is -1.23. The zero-order valence-corrected chi connectivity index (χ0v) is 22.9. The summed E-state index contributed by atoms with van der Waals surface area (Å²) in [7, 11) is 0. The molecule has 0 aliphatic carbocycles. The van der Waals surface area contributed by atoms with Crippen LogP contribution in [0, 0.1) is 62.7 Å². The molecule has 1 aliphatic heterocycles. The summed E-state index contributed by atoms with van der Waals surface area (Å²) in [5.41, 5.74) is 5.15.